The molecule has 4 rings (SSSR count). The molecule has 0 fully saturated rings. The Morgan fingerprint density at radius 2 is 1.84 bits per heavy atom. The van der Waals surface area contributed by atoms with E-state index in [0.29, 0.717) is 21.6 Å². The topological polar surface area (TPSA) is 115 Å². The number of nitro benzene ring substituents is 1. The van der Waals surface area contributed by atoms with Gasteiger partial charge in [0.1, 0.15) is 0 Å². The summed E-state index contributed by atoms with van der Waals surface area (Å²) in [5.74, 6) is 0.344. The summed E-state index contributed by atoms with van der Waals surface area (Å²) in [6, 6.07) is 21.6. The average molecular weight is 533 g/mol. The Labute approximate surface area is 222 Å². The van der Waals surface area contributed by atoms with Crippen molar-refractivity contribution < 1.29 is 9.72 Å². The van der Waals surface area contributed by atoms with Crippen LogP contribution in [-0.2, 0) is 4.79 Å². The molecule has 0 bridgehead atoms. The second-order valence-electron chi connectivity index (χ2n) is 7.76. The zero-order chi connectivity index (χ0) is 26.2. The van der Waals surface area contributed by atoms with Crippen LogP contribution in [0.1, 0.15) is 11.1 Å². The quantitative estimate of drug-likeness (QED) is 0.128. The number of aryl methyl sites for hydroxylation is 1. The van der Waals surface area contributed by atoms with E-state index in [2.05, 4.69) is 20.7 Å². The second-order valence-corrected chi connectivity index (χ2v) is 9.14. The van der Waals surface area contributed by atoms with Gasteiger partial charge in [-0.25, -0.2) is 5.43 Å². The van der Waals surface area contributed by atoms with Crippen LogP contribution in [0, 0.1) is 17.0 Å². The lowest BCUT2D eigenvalue weighted by molar-refractivity contribution is -0.385. The molecule has 0 unspecified atom stereocenters. The van der Waals surface area contributed by atoms with Crippen LogP contribution < -0.4 is 5.43 Å². The van der Waals surface area contributed by atoms with Crippen LogP contribution in [0.5, 0.6) is 0 Å². The Balaban J connectivity index is 1.44. The van der Waals surface area contributed by atoms with Gasteiger partial charge < -0.3 is 0 Å². The number of hydrazone groups is 1. The predicted molar refractivity (Wildman–Crippen MR) is 146 cm³/mol. The van der Waals surface area contributed by atoms with E-state index in [4.69, 9.17) is 11.6 Å². The fourth-order valence-corrected chi connectivity index (χ4v) is 4.20. The molecule has 0 spiro atoms. The molecule has 1 N–H and O–H groups in total. The van der Waals surface area contributed by atoms with Crippen molar-refractivity contribution in [2.45, 2.75) is 12.1 Å². The SMILES string of the molecule is Cc1ccc(-c2nnc(SCC(=O)N/N=C/C=C\c3ccccc3[N+](=O)[O-])n2-c2ccc(Cl)cc2)cc1. The van der Waals surface area contributed by atoms with Crippen LogP contribution in [-0.4, -0.2) is 37.6 Å². The van der Waals surface area contributed by atoms with E-state index < -0.39 is 4.92 Å². The number of nitro groups is 1. The van der Waals surface area contributed by atoms with Gasteiger partial charge in [0.25, 0.3) is 11.6 Å². The third-order valence-corrected chi connectivity index (χ3v) is 6.30. The molecule has 0 atom stereocenters. The highest BCUT2D eigenvalue weighted by Gasteiger charge is 2.17. The molecule has 0 aliphatic heterocycles. The van der Waals surface area contributed by atoms with Gasteiger partial charge in [-0.15, -0.1) is 10.2 Å². The summed E-state index contributed by atoms with van der Waals surface area (Å²) in [5, 5.41) is 24.8. The first-order valence-corrected chi connectivity index (χ1v) is 12.4. The summed E-state index contributed by atoms with van der Waals surface area (Å²) in [7, 11) is 0. The third kappa shape index (κ3) is 6.69. The molecule has 0 radical (unpaired) electrons. The number of nitrogens with one attached hydrogen (secondary N) is 1. The minimum Gasteiger partial charge on any atom is -0.272 e. The maximum atomic E-state index is 12.4. The lowest BCUT2D eigenvalue weighted by atomic mass is 10.1. The summed E-state index contributed by atoms with van der Waals surface area (Å²) in [5.41, 5.74) is 5.69. The molecule has 4 aromatic rings. The highest BCUT2D eigenvalue weighted by Crippen LogP contribution is 2.28. The number of hydrogen-bond donors (Lipinski definition) is 1. The number of benzene rings is 3. The van der Waals surface area contributed by atoms with E-state index in [9.17, 15) is 14.9 Å². The molecule has 0 saturated heterocycles. The van der Waals surface area contributed by atoms with E-state index in [0.717, 1.165) is 16.8 Å². The Bertz CT molecular complexity index is 1470. The van der Waals surface area contributed by atoms with Crippen molar-refractivity contribution in [3.8, 4) is 17.1 Å². The first kappa shape index (κ1) is 25.8. The molecule has 0 aliphatic carbocycles. The van der Waals surface area contributed by atoms with Gasteiger partial charge in [0.2, 0.25) is 0 Å². The standard InChI is InChI=1S/C26H21ClN6O3S/c1-18-8-10-20(11-9-18)25-30-31-26(32(25)22-14-12-21(27)13-15-22)37-17-24(34)29-28-16-4-6-19-5-2-3-7-23(19)33(35)36/h2-16H,17H2,1H3,(H,29,34)/b6-4-,28-16+. The normalized spacial score (nSPS) is 11.3. The summed E-state index contributed by atoms with van der Waals surface area (Å²) in [6.45, 7) is 2.01. The minimum atomic E-state index is -0.456. The van der Waals surface area contributed by atoms with Gasteiger partial charge in [-0.3, -0.25) is 19.5 Å². The number of thioether (sulfide) groups is 1. The molecule has 3 aromatic carbocycles. The Hall–Kier alpha value is -4.28. The number of rotatable bonds is 9. The number of allylic oxidation sites excluding steroid dienone is 1. The monoisotopic (exact) mass is 532 g/mol. The third-order valence-electron chi connectivity index (χ3n) is 5.12. The first-order valence-electron chi connectivity index (χ1n) is 11.1. The Kier molecular flexibility index (Phi) is 8.44. The summed E-state index contributed by atoms with van der Waals surface area (Å²) in [4.78, 5) is 23.0. The number of amides is 1. The van der Waals surface area contributed by atoms with Crippen LogP contribution in [0.4, 0.5) is 5.69 Å². The van der Waals surface area contributed by atoms with Crippen molar-refractivity contribution in [2.75, 3.05) is 5.75 Å². The number of hydrogen-bond acceptors (Lipinski definition) is 7. The highest BCUT2D eigenvalue weighted by molar-refractivity contribution is 7.99. The molecule has 1 aromatic heterocycles. The molecule has 37 heavy (non-hydrogen) atoms. The fourth-order valence-electron chi connectivity index (χ4n) is 3.33. The molecule has 186 valence electrons. The Morgan fingerprint density at radius 3 is 2.57 bits per heavy atom. The van der Waals surface area contributed by atoms with Crippen molar-refractivity contribution in [1.82, 2.24) is 20.2 Å². The van der Waals surface area contributed by atoms with E-state index in [-0.39, 0.29) is 17.3 Å². The van der Waals surface area contributed by atoms with Gasteiger partial charge in [-0.1, -0.05) is 65.3 Å². The number of carbonyl (C=O) groups is 1. The van der Waals surface area contributed by atoms with Crippen LogP contribution in [0.15, 0.2) is 89.1 Å². The van der Waals surface area contributed by atoms with Crippen molar-refractivity contribution in [2.24, 2.45) is 5.10 Å². The summed E-state index contributed by atoms with van der Waals surface area (Å²) >= 11 is 7.29. The fraction of sp³-hybridized carbons (Fsp3) is 0.0769. The van der Waals surface area contributed by atoms with Crippen LogP contribution in [0.2, 0.25) is 5.02 Å². The summed E-state index contributed by atoms with van der Waals surface area (Å²) < 4.78 is 1.87. The molecule has 1 amide bonds. The largest absolute Gasteiger partial charge is 0.276 e. The Morgan fingerprint density at radius 1 is 1.11 bits per heavy atom. The number of para-hydroxylation sites is 1. The predicted octanol–water partition coefficient (Wildman–Crippen LogP) is 5.71. The molecule has 1 heterocycles. The zero-order valence-electron chi connectivity index (χ0n) is 19.6. The van der Waals surface area contributed by atoms with Gasteiger partial charge in [-0.2, -0.15) is 5.10 Å². The van der Waals surface area contributed by atoms with Gasteiger partial charge in [-0.05, 0) is 49.4 Å². The van der Waals surface area contributed by atoms with Crippen molar-refractivity contribution in [1.29, 1.82) is 0 Å². The summed E-state index contributed by atoms with van der Waals surface area (Å²) in [6.07, 6.45) is 4.41. The zero-order valence-corrected chi connectivity index (χ0v) is 21.2. The maximum Gasteiger partial charge on any atom is 0.276 e. The van der Waals surface area contributed by atoms with Crippen LogP contribution >= 0.6 is 23.4 Å². The van der Waals surface area contributed by atoms with E-state index in [1.165, 1.54) is 30.1 Å². The van der Waals surface area contributed by atoms with Crippen molar-refractivity contribution in [3.05, 3.63) is 105 Å². The highest BCUT2D eigenvalue weighted by atomic mass is 35.5. The molecule has 9 nitrogen and oxygen atoms in total. The maximum absolute atomic E-state index is 12.4. The molecular formula is C26H21ClN6O3S. The van der Waals surface area contributed by atoms with Crippen LogP contribution in [0.3, 0.4) is 0 Å². The van der Waals surface area contributed by atoms with Crippen molar-refractivity contribution >= 4 is 47.2 Å². The molecule has 0 aliphatic rings. The second kappa shape index (κ2) is 12.1. The first-order chi connectivity index (χ1) is 17.9. The molecule has 11 heteroatoms. The number of halogens is 1. The average Bonchev–Trinajstić information content (AvgIpc) is 3.32. The van der Waals surface area contributed by atoms with Crippen LogP contribution in [0.25, 0.3) is 23.2 Å². The van der Waals surface area contributed by atoms with Gasteiger partial charge in [0, 0.05) is 28.6 Å². The lowest BCUT2D eigenvalue weighted by Crippen LogP contribution is -2.19. The smallest absolute Gasteiger partial charge is 0.272 e. The molecular weight excluding hydrogens is 512 g/mol. The van der Waals surface area contributed by atoms with Gasteiger partial charge in [0.05, 0.1) is 16.2 Å². The molecule has 0 saturated carbocycles. The van der Waals surface area contributed by atoms with E-state index in [1.807, 2.05) is 47.9 Å². The number of aromatic nitrogens is 3. The van der Waals surface area contributed by atoms with Crippen molar-refractivity contribution in [3.63, 3.8) is 0 Å². The number of nitrogens with zero attached hydrogens (tertiary/aromatic N) is 5. The van der Waals surface area contributed by atoms with E-state index in [1.54, 1.807) is 36.4 Å². The lowest BCUT2D eigenvalue weighted by Gasteiger charge is -2.10. The van der Waals surface area contributed by atoms with E-state index >= 15 is 0 Å². The van der Waals surface area contributed by atoms with Gasteiger partial charge in [0.15, 0.2) is 11.0 Å². The number of carbonyl (C=O) groups excluding carboxylic acids is 1. The minimum absolute atomic E-state index is 0.0117. The van der Waals surface area contributed by atoms with Gasteiger partial charge >= 0.3 is 0 Å².